The molecule has 6 heteroatoms. The first-order chi connectivity index (χ1) is 14.5. The van der Waals surface area contributed by atoms with Crippen LogP contribution in [0, 0.1) is 0 Å². The molecule has 0 heterocycles. The Morgan fingerprint density at radius 2 is 1.90 bits per heavy atom. The zero-order valence-electron chi connectivity index (χ0n) is 17.2. The van der Waals surface area contributed by atoms with Gasteiger partial charge in [0.2, 0.25) is 0 Å². The van der Waals surface area contributed by atoms with Gasteiger partial charge in [0.15, 0.2) is 0 Å². The highest BCUT2D eigenvalue weighted by molar-refractivity contribution is 9.10. The van der Waals surface area contributed by atoms with Crippen molar-refractivity contribution in [1.82, 2.24) is 0 Å². The van der Waals surface area contributed by atoms with Crippen molar-refractivity contribution in [3.05, 3.63) is 58.1 Å². The number of aliphatic carboxylic acids is 1. The lowest BCUT2D eigenvalue weighted by Gasteiger charge is -2.44. The molecule has 1 saturated carbocycles. The Morgan fingerprint density at radius 1 is 1.10 bits per heavy atom. The Hall–Kier alpha value is -2.05. The summed E-state index contributed by atoms with van der Waals surface area (Å²) in [7, 11) is 1.67. The Bertz CT molecular complexity index is 921. The summed E-state index contributed by atoms with van der Waals surface area (Å²) < 4.78 is 11.9. The number of carboxylic acids is 1. The number of hydrogen-bond donors (Lipinski definition) is 2. The van der Waals surface area contributed by atoms with Gasteiger partial charge in [0.1, 0.15) is 17.9 Å². The van der Waals surface area contributed by atoms with E-state index in [9.17, 15) is 9.90 Å². The number of hydrogen-bond acceptors (Lipinski definition) is 4. The predicted molar refractivity (Wildman–Crippen MR) is 120 cm³/mol. The zero-order chi connectivity index (χ0) is 21.2. The molecule has 1 fully saturated rings. The molecule has 160 valence electrons. The molecule has 0 radical (unpaired) electrons. The lowest BCUT2D eigenvalue weighted by molar-refractivity contribution is -0.144. The molecule has 2 N–H and O–H groups in total. The van der Waals surface area contributed by atoms with E-state index in [1.807, 2.05) is 30.3 Å². The quantitative estimate of drug-likeness (QED) is 0.543. The maximum Gasteiger partial charge on any atom is 0.329 e. The summed E-state index contributed by atoms with van der Waals surface area (Å²) in [6.45, 7) is 1.09. The molecule has 0 bridgehead atoms. The summed E-state index contributed by atoms with van der Waals surface area (Å²) in [6, 6.07) is 14.1. The molecule has 2 aromatic rings. The van der Waals surface area contributed by atoms with Crippen LogP contribution >= 0.6 is 15.9 Å². The monoisotopic (exact) mass is 473 g/mol. The first kappa shape index (κ1) is 21.2. The van der Waals surface area contributed by atoms with Gasteiger partial charge in [-0.3, -0.25) is 0 Å². The van der Waals surface area contributed by atoms with Crippen LogP contribution in [0.4, 0.5) is 5.69 Å². The van der Waals surface area contributed by atoms with Gasteiger partial charge in [0, 0.05) is 17.3 Å². The van der Waals surface area contributed by atoms with Crippen molar-refractivity contribution in [1.29, 1.82) is 0 Å². The van der Waals surface area contributed by atoms with E-state index in [1.165, 1.54) is 11.1 Å². The Kier molecular flexibility index (Phi) is 6.07. The summed E-state index contributed by atoms with van der Waals surface area (Å²) in [5.74, 6) is 0.0987. The van der Waals surface area contributed by atoms with E-state index in [0.29, 0.717) is 26.1 Å². The van der Waals surface area contributed by atoms with Gasteiger partial charge in [0.05, 0.1) is 6.61 Å². The van der Waals surface area contributed by atoms with Crippen LogP contribution in [-0.4, -0.2) is 36.9 Å². The number of fused-ring (bicyclic) bond motifs is 2. The second-order valence-corrected chi connectivity index (χ2v) is 9.38. The number of anilines is 1. The topological polar surface area (TPSA) is 67.8 Å². The molecule has 2 aliphatic carbocycles. The minimum atomic E-state index is -0.929. The molecular formula is C24H28BrNO4. The van der Waals surface area contributed by atoms with E-state index in [4.69, 9.17) is 9.47 Å². The fourth-order valence-corrected chi connectivity index (χ4v) is 5.42. The van der Waals surface area contributed by atoms with Crippen molar-refractivity contribution in [3.8, 4) is 5.75 Å². The lowest BCUT2D eigenvalue weighted by atomic mass is 9.64. The lowest BCUT2D eigenvalue weighted by Crippen LogP contribution is -2.51. The number of methoxy groups -OCH3 is 1. The van der Waals surface area contributed by atoms with Crippen LogP contribution in [0.15, 0.2) is 46.9 Å². The van der Waals surface area contributed by atoms with Gasteiger partial charge >= 0.3 is 5.97 Å². The molecule has 2 aliphatic rings. The van der Waals surface area contributed by atoms with Gasteiger partial charge < -0.3 is 19.9 Å². The van der Waals surface area contributed by atoms with E-state index in [0.717, 1.165) is 41.6 Å². The SMILES string of the molecule is COCCOc1ccc2c(c1)C1(CC2)CCC(Nc2cccc(Br)c2)(C(=O)O)CC1. The third-order valence-corrected chi connectivity index (χ3v) is 7.25. The molecule has 30 heavy (non-hydrogen) atoms. The largest absolute Gasteiger partial charge is 0.491 e. The Labute approximate surface area is 185 Å². The molecule has 1 spiro atoms. The van der Waals surface area contributed by atoms with Crippen LogP contribution in [0.2, 0.25) is 0 Å². The van der Waals surface area contributed by atoms with Crippen molar-refractivity contribution in [2.45, 2.75) is 49.5 Å². The summed E-state index contributed by atoms with van der Waals surface area (Å²) in [4.78, 5) is 12.3. The van der Waals surface area contributed by atoms with Crippen molar-refractivity contribution < 1.29 is 19.4 Å². The second kappa shape index (κ2) is 8.60. The normalized spacial score (nSPS) is 25.1. The molecular weight excluding hydrogens is 446 g/mol. The number of nitrogens with one attached hydrogen (secondary N) is 1. The van der Waals surface area contributed by atoms with E-state index < -0.39 is 11.5 Å². The number of benzene rings is 2. The van der Waals surface area contributed by atoms with Crippen LogP contribution in [0.3, 0.4) is 0 Å². The molecule has 0 saturated heterocycles. The molecule has 0 aliphatic heterocycles. The van der Waals surface area contributed by atoms with Gasteiger partial charge in [-0.1, -0.05) is 28.1 Å². The van der Waals surface area contributed by atoms with Crippen molar-refractivity contribution in [2.75, 3.05) is 25.6 Å². The number of carboxylic acid groups (broad SMARTS) is 1. The first-order valence-corrected chi connectivity index (χ1v) is 11.3. The predicted octanol–water partition coefficient (Wildman–Crippen LogP) is 5.17. The minimum Gasteiger partial charge on any atom is -0.491 e. The van der Waals surface area contributed by atoms with Gasteiger partial charge in [-0.15, -0.1) is 0 Å². The highest BCUT2D eigenvalue weighted by atomic mass is 79.9. The fraction of sp³-hybridized carbons (Fsp3) is 0.458. The van der Waals surface area contributed by atoms with E-state index in [-0.39, 0.29) is 5.41 Å². The van der Waals surface area contributed by atoms with Crippen LogP contribution in [0.25, 0.3) is 0 Å². The fourth-order valence-electron chi connectivity index (χ4n) is 5.02. The summed E-state index contributed by atoms with van der Waals surface area (Å²) in [5, 5.41) is 13.4. The molecule has 4 rings (SSSR count). The van der Waals surface area contributed by atoms with Gasteiger partial charge in [-0.25, -0.2) is 4.79 Å². The molecule has 2 aromatic carbocycles. The highest BCUT2D eigenvalue weighted by Gasteiger charge is 2.50. The second-order valence-electron chi connectivity index (χ2n) is 8.46. The van der Waals surface area contributed by atoms with Crippen LogP contribution in [0.5, 0.6) is 5.75 Å². The van der Waals surface area contributed by atoms with Crippen LogP contribution in [0.1, 0.15) is 43.2 Å². The number of halogens is 1. The van der Waals surface area contributed by atoms with Crippen molar-refractivity contribution >= 4 is 27.6 Å². The summed E-state index contributed by atoms with van der Waals surface area (Å²) in [6.07, 6.45) is 5.04. The maximum absolute atomic E-state index is 12.3. The number of ether oxygens (including phenoxy) is 2. The van der Waals surface area contributed by atoms with E-state index >= 15 is 0 Å². The molecule has 0 amide bonds. The zero-order valence-corrected chi connectivity index (χ0v) is 18.8. The Balaban J connectivity index is 1.53. The minimum absolute atomic E-state index is 0.0495. The standard InChI is InChI=1S/C24H28BrNO4/c1-29-13-14-30-20-6-5-17-7-8-23(21(17)16-20)9-11-24(12-10-23,22(27)28)26-19-4-2-3-18(25)15-19/h2-6,15-16,26H,7-14H2,1H3,(H,27,28). The number of rotatable bonds is 7. The van der Waals surface area contributed by atoms with Gasteiger partial charge in [0.25, 0.3) is 0 Å². The third kappa shape index (κ3) is 4.08. The van der Waals surface area contributed by atoms with E-state index in [2.05, 4.69) is 33.4 Å². The summed E-state index contributed by atoms with van der Waals surface area (Å²) in [5.41, 5.74) is 2.67. The first-order valence-electron chi connectivity index (χ1n) is 10.5. The third-order valence-electron chi connectivity index (χ3n) is 6.76. The van der Waals surface area contributed by atoms with Crippen molar-refractivity contribution in [2.24, 2.45) is 0 Å². The Morgan fingerprint density at radius 3 is 2.60 bits per heavy atom. The summed E-state index contributed by atoms with van der Waals surface area (Å²) >= 11 is 3.47. The van der Waals surface area contributed by atoms with Crippen LogP contribution < -0.4 is 10.1 Å². The average molecular weight is 474 g/mol. The number of aryl methyl sites for hydroxylation is 1. The smallest absolute Gasteiger partial charge is 0.329 e. The molecule has 0 atom stereocenters. The maximum atomic E-state index is 12.3. The number of carbonyl (C=O) groups is 1. The van der Waals surface area contributed by atoms with Gasteiger partial charge in [-0.05, 0) is 85.4 Å². The highest BCUT2D eigenvalue weighted by Crippen LogP contribution is 2.52. The molecule has 0 aromatic heterocycles. The van der Waals surface area contributed by atoms with E-state index in [1.54, 1.807) is 7.11 Å². The molecule has 5 nitrogen and oxygen atoms in total. The molecule has 0 unspecified atom stereocenters. The average Bonchev–Trinajstić information content (AvgIpc) is 3.08. The van der Waals surface area contributed by atoms with Gasteiger partial charge in [-0.2, -0.15) is 0 Å². The van der Waals surface area contributed by atoms with Crippen LogP contribution in [-0.2, 0) is 21.4 Å². The van der Waals surface area contributed by atoms with Crippen molar-refractivity contribution in [3.63, 3.8) is 0 Å².